The second kappa shape index (κ2) is 8.35. The Balaban J connectivity index is 2.49. The average Bonchev–Trinajstić information content (AvgIpc) is 2.38. The molecule has 1 N–H and O–H groups in total. The smallest absolute Gasteiger partial charge is 0.0593 e. The van der Waals surface area contributed by atoms with Crippen molar-refractivity contribution >= 4 is 0 Å². The third-order valence-electron chi connectivity index (χ3n) is 4.95. The van der Waals surface area contributed by atoms with Gasteiger partial charge in [-0.2, -0.15) is 0 Å². The van der Waals surface area contributed by atoms with Crippen LogP contribution in [0.25, 0.3) is 0 Å². The maximum absolute atomic E-state index is 5.46. The van der Waals surface area contributed by atoms with E-state index in [1.807, 2.05) is 0 Å². The van der Waals surface area contributed by atoms with E-state index in [-0.39, 0.29) is 0 Å². The van der Waals surface area contributed by atoms with Gasteiger partial charge in [-0.15, -0.1) is 0 Å². The van der Waals surface area contributed by atoms with Crippen molar-refractivity contribution in [1.82, 2.24) is 10.2 Å². The number of hydrogen-bond donors (Lipinski definition) is 1. The first-order chi connectivity index (χ1) is 9.38. The monoisotopic (exact) mass is 284 g/mol. The zero-order valence-electron chi connectivity index (χ0n) is 14.5. The van der Waals surface area contributed by atoms with Gasteiger partial charge < -0.3 is 15.0 Å². The standard InChI is InChI=1S/C17H36N2O/c1-7-20-11-10-19(6)13-14-12-15(17(2,3)4)8-9-16(14)18-5/h14-16,18H,7-13H2,1-6H3. The molecule has 1 aliphatic rings. The summed E-state index contributed by atoms with van der Waals surface area (Å²) in [5.74, 6) is 1.63. The van der Waals surface area contributed by atoms with Gasteiger partial charge in [-0.3, -0.25) is 0 Å². The van der Waals surface area contributed by atoms with E-state index in [2.05, 4.69) is 52.0 Å². The summed E-state index contributed by atoms with van der Waals surface area (Å²) in [5.41, 5.74) is 0.445. The maximum atomic E-state index is 5.46. The molecule has 1 fully saturated rings. The molecule has 0 aliphatic heterocycles. The van der Waals surface area contributed by atoms with Crippen LogP contribution in [0.15, 0.2) is 0 Å². The van der Waals surface area contributed by atoms with Gasteiger partial charge in [0.1, 0.15) is 0 Å². The minimum Gasteiger partial charge on any atom is -0.380 e. The number of likely N-dealkylation sites (N-methyl/N-ethyl adjacent to an activating group) is 1. The van der Waals surface area contributed by atoms with Crippen molar-refractivity contribution in [1.29, 1.82) is 0 Å². The van der Waals surface area contributed by atoms with Gasteiger partial charge in [0, 0.05) is 25.7 Å². The highest BCUT2D eigenvalue weighted by molar-refractivity contribution is 4.89. The molecule has 120 valence electrons. The van der Waals surface area contributed by atoms with Crippen LogP contribution in [0.1, 0.15) is 47.0 Å². The van der Waals surface area contributed by atoms with E-state index in [0.717, 1.165) is 31.6 Å². The average molecular weight is 284 g/mol. The number of nitrogens with zero attached hydrogens (tertiary/aromatic N) is 1. The molecule has 1 aliphatic carbocycles. The summed E-state index contributed by atoms with van der Waals surface area (Å²) in [6.07, 6.45) is 4.05. The molecule has 3 atom stereocenters. The Kier molecular flexibility index (Phi) is 7.49. The normalized spacial score (nSPS) is 28.1. The van der Waals surface area contributed by atoms with Crippen LogP contribution in [0.5, 0.6) is 0 Å². The second-order valence-electron chi connectivity index (χ2n) is 7.49. The van der Waals surface area contributed by atoms with E-state index in [4.69, 9.17) is 4.74 Å². The molecule has 0 radical (unpaired) electrons. The minimum atomic E-state index is 0.445. The van der Waals surface area contributed by atoms with E-state index < -0.39 is 0 Å². The minimum absolute atomic E-state index is 0.445. The van der Waals surface area contributed by atoms with Crippen molar-refractivity contribution in [2.75, 3.05) is 40.4 Å². The number of nitrogens with one attached hydrogen (secondary N) is 1. The van der Waals surface area contributed by atoms with Crippen molar-refractivity contribution in [2.45, 2.75) is 53.0 Å². The van der Waals surface area contributed by atoms with Gasteiger partial charge in [0.05, 0.1) is 6.61 Å². The molecular weight excluding hydrogens is 248 g/mol. The Morgan fingerprint density at radius 2 is 1.95 bits per heavy atom. The van der Waals surface area contributed by atoms with Crippen molar-refractivity contribution in [3.8, 4) is 0 Å². The zero-order chi connectivity index (χ0) is 15.2. The predicted molar refractivity (Wildman–Crippen MR) is 87.1 cm³/mol. The highest BCUT2D eigenvalue weighted by Gasteiger charge is 2.35. The molecule has 0 saturated heterocycles. The molecule has 3 heteroatoms. The Bertz CT molecular complexity index is 262. The van der Waals surface area contributed by atoms with E-state index in [1.165, 1.54) is 25.8 Å². The lowest BCUT2D eigenvalue weighted by molar-refractivity contribution is 0.0794. The first-order valence-corrected chi connectivity index (χ1v) is 8.32. The van der Waals surface area contributed by atoms with Crippen LogP contribution in [0.2, 0.25) is 0 Å². The molecule has 3 unspecified atom stereocenters. The van der Waals surface area contributed by atoms with Gasteiger partial charge in [-0.05, 0) is 57.5 Å². The van der Waals surface area contributed by atoms with Crippen LogP contribution in [-0.2, 0) is 4.74 Å². The summed E-state index contributed by atoms with van der Waals surface area (Å²) in [5, 5.41) is 3.54. The Hall–Kier alpha value is -0.120. The van der Waals surface area contributed by atoms with Crippen molar-refractivity contribution < 1.29 is 4.74 Å². The highest BCUT2D eigenvalue weighted by atomic mass is 16.5. The maximum Gasteiger partial charge on any atom is 0.0593 e. The third kappa shape index (κ3) is 5.71. The Labute approximate surface area is 126 Å². The lowest BCUT2D eigenvalue weighted by atomic mass is 9.67. The van der Waals surface area contributed by atoms with Crippen molar-refractivity contribution in [3.63, 3.8) is 0 Å². The van der Waals surface area contributed by atoms with E-state index in [9.17, 15) is 0 Å². The summed E-state index contributed by atoms with van der Waals surface area (Å²) in [4.78, 5) is 2.44. The molecule has 3 nitrogen and oxygen atoms in total. The number of ether oxygens (including phenoxy) is 1. The predicted octanol–water partition coefficient (Wildman–Crippen LogP) is 3.01. The molecule has 0 heterocycles. The molecule has 1 rings (SSSR count). The van der Waals surface area contributed by atoms with Crippen LogP contribution < -0.4 is 5.32 Å². The molecule has 0 aromatic heterocycles. The van der Waals surface area contributed by atoms with Crippen LogP contribution >= 0.6 is 0 Å². The zero-order valence-corrected chi connectivity index (χ0v) is 14.5. The van der Waals surface area contributed by atoms with Gasteiger partial charge in [0.15, 0.2) is 0 Å². The summed E-state index contributed by atoms with van der Waals surface area (Å²) in [6, 6.07) is 0.683. The number of rotatable bonds is 7. The Morgan fingerprint density at radius 3 is 2.50 bits per heavy atom. The first-order valence-electron chi connectivity index (χ1n) is 8.32. The summed E-state index contributed by atoms with van der Waals surface area (Å²) in [6.45, 7) is 13.2. The molecule has 0 amide bonds. The molecule has 0 aromatic rings. The lowest BCUT2D eigenvalue weighted by Crippen LogP contribution is -2.46. The van der Waals surface area contributed by atoms with Crippen LogP contribution in [0.3, 0.4) is 0 Å². The van der Waals surface area contributed by atoms with E-state index in [1.54, 1.807) is 0 Å². The van der Waals surface area contributed by atoms with Gasteiger partial charge >= 0.3 is 0 Å². The molecule has 0 spiro atoms. The van der Waals surface area contributed by atoms with E-state index >= 15 is 0 Å². The summed E-state index contributed by atoms with van der Waals surface area (Å²) in [7, 11) is 4.35. The van der Waals surface area contributed by atoms with Crippen molar-refractivity contribution in [3.05, 3.63) is 0 Å². The van der Waals surface area contributed by atoms with Gasteiger partial charge in [0.25, 0.3) is 0 Å². The quantitative estimate of drug-likeness (QED) is 0.727. The summed E-state index contributed by atoms with van der Waals surface area (Å²) >= 11 is 0. The number of hydrogen-bond acceptors (Lipinski definition) is 3. The SMILES string of the molecule is CCOCCN(C)CC1CC(C(C)(C)C)CCC1NC. The van der Waals surface area contributed by atoms with Gasteiger partial charge in [-0.25, -0.2) is 0 Å². The molecular formula is C17H36N2O. The topological polar surface area (TPSA) is 24.5 Å². The molecule has 20 heavy (non-hydrogen) atoms. The summed E-state index contributed by atoms with van der Waals surface area (Å²) < 4.78 is 5.46. The van der Waals surface area contributed by atoms with Gasteiger partial charge in [0.2, 0.25) is 0 Å². The van der Waals surface area contributed by atoms with Crippen LogP contribution in [-0.4, -0.2) is 51.3 Å². The Morgan fingerprint density at radius 1 is 1.25 bits per heavy atom. The largest absolute Gasteiger partial charge is 0.380 e. The van der Waals surface area contributed by atoms with Gasteiger partial charge in [-0.1, -0.05) is 20.8 Å². The van der Waals surface area contributed by atoms with Crippen LogP contribution in [0, 0.1) is 17.3 Å². The lowest BCUT2D eigenvalue weighted by Gasteiger charge is -2.43. The second-order valence-corrected chi connectivity index (χ2v) is 7.49. The molecule has 1 saturated carbocycles. The molecule has 0 bridgehead atoms. The molecule has 0 aromatic carbocycles. The van der Waals surface area contributed by atoms with E-state index in [0.29, 0.717) is 11.5 Å². The van der Waals surface area contributed by atoms with Crippen molar-refractivity contribution in [2.24, 2.45) is 17.3 Å². The highest BCUT2D eigenvalue weighted by Crippen LogP contribution is 2.40. The van der Waals surface area contributed by atoms with Crippen LogP contribution in [0.4, 0.5) is 0 Å². The third-order valence-corrected chi connectivity index (χ3v) is 4.95. The first kappa shape index (κ1) is 17.9. The fraction of sp³-hybridized carbons (Fsp3) is 1.00. The fourth-order valence-corrected chi connectivity index (χ4v) is 3.49. The fourth-order valence-electron chi connectivity index (χ4n) is 3.49.